The number of carbonyl (C=O) groups is 1. The summed E-state index contributed by atoms with van der Waals surface area (Å²) in [6.07, 6.45) is 1.16. The van der Waals surface area contributed by atoms with E-state index in [1.54, 1.807) is 0 Å². The van der Waals surface area contributed by atoms with Gasteiger partial charge in [0.1, 0.15) is 0 Å². The second kappa shape index (κ2) is 7.13. The van der Waals surface area contributed by atoms with Crippen molar-refractivity contribution in [1.82, 2.24) is 5.32 Å². The quantitative estimate of drug-likeness (QED) is 0.756. The second-order valence-electron chi connectivity index (χ2n) is 6.33. The Morgan fingerprint density at radius 2 is 2.10 bits per heavy atom. The largest absolute Gasteiger partial charge is 0.396 e. The van der Waals surface area contributed by atoms with Crippen LogP contribution in [0.25, 0.3) is 0 Å². The molecule has 7 heteroatoms. The van der Waals surface area contributed by atoms with E-state index in [1.165, 1.54) is 11.8 Å². The third kappa shape index (κ3) is 6.01. The van der Waals surface area contributed by atoms with Crippen LogP contribution in [0.3, 0.4) is 0 Å². The normalized spacial score (nSPS) is 23.5. The molecule has 2 N–H and O–H groups in total. The van der Waals surface area contributed by atoms with E-state index in [4.69, 9.17) is 5.11 Å². The standard InChI is InChI=1S/C13H25NO4S2/c1-13(2,3)11(4-6-15)14-12(16)8-19-10-5-7-20(17,18)9-10/h10-11,15H,4-9H2,1-3H3,(H,14,16). The number of thioether (sulfide) groups is 1. The van der Waals surface area contributed by atoms with Gasteiger partial charge in [0, 0.05) is 17.9 Å². The van der Waals surface area contributed by atoms with Crippen LogP contribution < -0.4 is 5.32 Å². The van der Waals surface area contributed by atoms with Crippen molar-refractivity contribution in [3.8, 4) is 0 Å². The van der Waals surface area contributed by atoms with Gasteiger partial charge in [-0.15, -0.1) is 11.8 Å². The third-order valence-electron chi connectivity index (χ3n) is 3.44. The SMILES string of the molecule is CC(C)(C)C(CCO)NC(=O)CSC1CCS(=O)(=O)C1. The number of nitrogens with one attached hydrogen (secondary N) is 1. The van der Waals surface area contributed by atoms with Gasteiger partial charge in [-0.25, -0.2) is 8.42 Å². The van der Waals surface area contributed by atoms with Crippen molar-refractivity contribution < 1.29 is 18.3 Å². The Labute approximate surface area is 125 Å². The van der Waals surface area contributed by atoms with Crippen LogP contribution in [0.5, 0.6) is 0 Å². The Bertz CT molecular complexity index is 428. The van der Waals surface area contributed by atoms with Gasteiger partial charge in [-0.1, -0.05) is 20.8 Å². The monoisotopic (exact) mass is 323 g/mol. The first-order valence-corrected chi connectivity index (χ1v) is 9.73. The molecule has 0 spiro atoms. The number of amides is 1. The molecule has 1 amide bonds. The zero-order valence-corrected chi connectivity index (χ0v) is 14.0. The van der Waals surface area contributed by atoms with Crippen LogP contribution in [0, 0.1) is 5.41 Å². The molecule has 20 heavy (non-hydrogen) atoms. The number of hydrogen-bond donors (Lipinski definition) is 2. The van der Waals surface area contributed by atoms with E-state index in [-0.39, 0.29) is 46.5 Å². The lowest BCUT2D eigenvalue weighted by Crippen LogP contribution is -2.45. The van der Waals surface area contributed by atoms with Gasteiger partial charge < -0.3 is 10.4 Å². The Balaban J connectivity index is 2.39. The minimum Gasteiger partial charge on any atom is -0.396 e. The first kappa shape index (κ1) is 17.8. The molecule has 118 valence electrons. The Morgan fingerprint density at radius 1 is 1.45 bits per heavy atom. The van der Waals surface area contributed by atoms with Crippen LogP contribution in [0.4, 0.5) is 0 Å². The summed E-state index contributed by atoms with van der Waals surface area (Å²) in [7, 11) is -2.88. The van der Waals surface area contributed by atoms with E-state index in [1.807, 2.05) is 20.8 Å². The number of aliphatic hydroxyl groups excluding tert-OH is 1. The third-order valence-corrected chi connectivity index (χ3v) is 6.72. The molecule has 2 unspecified atom stereocenters. The van der Waals surface area contributed by atoms with Crippen molar-refractivity contribution in [2.24, 2.45) is 5.41 Å². The average molecular weight is 323 g/mol. The molecular formula is C13H25NO4S2. The summed E-state index contributed by atoms with van der Waals surface area (Å²) in [4.78, 5) is 11.9. The molecule has 0 aromatic rings. The zero-order valence-electron chi connectivity index (χ0n) is 12.4. The van der Waals surface area contributed by atoms with Gasteiger partial charge in [-0.05, 0) is 18.3 Å². The molecule has 1 aliphatic heterocycles. The highest BCUT2D eigenvalue weighted by atomic mass is 32.2. The highest BCUT2D eigenvalue weighted by molar-refractivity contribution is 8.02. The van der Waals surface area contributed by atoms with Crippen LogP contribution in [0.2, 0.25) is 0 Å². The number of hydrogen-bond acceptors (Lipinski definition) is 5. The summed E-state index contributed by atoms with van der Waals surface area (Å²) >= 11 is 1.41. The van der Waals surface area contributed by atoms with Gasteiger partial charge in [0.25, 0.3) is 0 Å². The van der Waals surface area contributed by atoms with Crippen LogP contribution in [0.1, 0.15) is 33.6 Å². The molecule has 0 aromatic carbocycles. The van der Waals surface area contributed by atoms with Crippen LogP contribution in [0.15, 0.2) is 0 Å². The molecule has 5 nitrogen and oxygen atoms in total. The lowest BCUT2D eigenvalue weighted by atomic mass is 9.85. The Kier molecular flexibility index (Phi) is 6.34. The van der Waals surface area contributed by atoms with Crippen LogP contribution in [-0.4, -0.2) is 54.6 Å². The summed E-state index contributed by atoms with van der Waals surface area (Å²) in [6, 6.07) is -0.0760. The molecule has 1 rings (SSSR count). The average Bonchev–Trinajstić information content (AvgIpc) is 2.65. The van der Waals surface area contributed by atoms with E-state index in [0.717, 1.165) is 0 Å². The van der Waals surface area contributed by atoms with Gasteiger partial charge in [-0.3, -0.25) is 4.79 Å². The molecule has 1 fully saturated rings. The number of carbonyl (C=O) groups excluding carboxylic acids is 1. The molecule has 2 atom stereocenters. The first-order chi connectivity index (χ1) is 9.14. The predicted molar refractivity (Wildman–Crippen MR) is 82.6 cm³/mol. The summed E-state index contributed by atoms with van der Waals surface area (Å²) in [5, 5.41) is 12.0. The van der Waals surface area contributed by atoms with E-state index in [2.05, 4.69) is 5.32 Å². The van der Waals surface area contributed by atoms with E-state index < -0.39 is 9.84 Å². The van der Waals surface area contributed by atoms with Gasteiger partial charge in [0.2, 0.25) is 5.91 Å². The van der Waals surface area contributed by atoms with Gasteiger partial charge in [0.15, 0.2) is 9.84 Å². The predicted octanol–water partition coefficient (Wildman–Crippen LogP) is 0.820. The highest BCUT2D eigenvalue weighted by Crippen LogP contribution is 2.25. The zero-order chi connectivity index (χ0) is 15.4. The maximum atomic E-state index is 11.9. The van der Waals surface area contributed by atoms with Crippen molar-refractivity contribution in [2.45, 2.75) is 44.9 Å². The smallest absolute Gasteiger partial charge is 0.230 e. The maximum absolute atomic E-state index is 11.9. The van der Waals surface area contributed by atoms with Crippen molar-refractivity contribution >= 4 is 27.5 Å². The van der Waals surface area contributed by atoms with Crippen molar-refractivity contribution in [1.29, 1.82) is 0 Å². The lowest BCUT2D eigenvalue weighted by molar-refractivity contribution is -0.120. The van der Waals surface area contributed by atoms with E-state index in [0.29, 0.717) is 12.8 Å². The molecular weight excluding hydrogens is 298 g/mol. The van der Waals surface area contributed by atoms with Gasteiger partial charge in [-0.2, -0.15) is 0 Å². The van der Waals surface area contributed by atoms with Gasteiger partial charge in [0.05, 0.1) is 17.3 Å². The number of aliphatic hydroxyl groups is 1. The summed E-state index contributed by atoms with van der Waals surface area (Å²) in [5.41, 5.74) is -0.111. The minimum atomic E-state index is -2.88. The second-order valence-corrected chi connectivity index (χ2v) is 9.85. The minimum absolute atomic E-state index is 0.0379. The fourth-order valence-electron chi connectivity index (χ4n) is 2.17. The molecule has 0 radical (unpaired) electrons. The molecule has 1 saturated heterocycles. The van der Waals surface area contributed by atoms with Gasteiger partial charge >= 0.3 is 0 Å². The Hall–Kier alpha value is -0.270. The molecule has 1 aliphatic rings. The molecule has 0 aliphatic carbocycles. The fraction of sp³-hybridized carbons (Fsp3) is 0.923. The topological polar surface area (TPSA) is 83.5 Å². The van der Waals surface area contributed by atoms with Crippen LogP contribution in [-0.2, 0) is 14.6 Å². The summed E-state index contributed by atoms with van der Waals surface area (Å²) in [5.74, 6) is 0.608. The maximum Gasteiger partial charge on any atom is 0.230 e. The molecule has 1 heterocycles. The summed E-state index contributed by atoms with van der Waals surface area (Å²) < 4.78 is 22.7. The molecule has 0 bridgehead atoms. The number of sulfone groups is 1. The fourth-order valence-corrected chi connectivity index (χ4v) is 5.63. The number of rotatable bonds is 6. The summed E-state index contributed by atoms with van der Waals surface area (Å²) in [6.45, 7) is 6.09. The molecule has 0 aromatic heterocycles. The van der Waals surface area contributed by atoms with Crippen molar-refractivity contribution in [3.05, 3.63) is 0 Å². The van der Waals surface area contributed by atoms with E-state index >= 15 is 0 Å². The lowest BCUT2D eigenvalue weighted by Gasteiger charge is -2.31. The molecule has 0 saturated carbocycles. The Morgan fingerprint density at radius 3 is 2.55 bits per heavy atom. The first-order valence-electron chi connectivity index (χ1n) is 6.86. The van der Waals surface area contributed by atoms with Crippen LogP contribution >= 0.6 is 11.8 Å². The highest BCUT2D eigenvalue weighted by Gasteiger charge is 2.29. The van der Waals surface area contributed by atoms with Crippen molar-refractivity contribution in [2.75, 3.05) is 23.9 Å². The van der Waals surface area contributed by atoms with Crippen molar-refractivity contribution in [3.63, 3.8) is 0 Å². The van der Waals surface area contributed by atoms with E-state index in [9.17, 15) is 13.2 Å².